The summed E-state index contributed by atoms with van der Waals surface area (Å²) in [4.78, 5) is 2.51. The number of fused-ring (bicyclic) bond motifs is 9. The van der Waals surface area contributed by atoms with Crippen molar-refractivity contribution in [3.8, 4) is 39.1 Å². The molecule has 0 spiro atoms. The average Bonchev–Trinajstić information content (AvgIpc) is 3.94. The molecule has 71 heavy (non-hydrogen) atoms. The molecule has 1 unspecified atom stereocenters. The summed E-state index contributed by atoms with van der Waals surface area (Å²) in [6.45, 7) is 0. The third kappa shape index (κ3) is 6.28. The lowest BCUT2D eigenvalue weighted by Crippen LogP contribution is -2.29. The molecule has 0 radical (unpaired) electrons. The molecule has 12 aromatic carbocycles. The monoisotopic (exact) mass is 902 g/mol. The fraction of sp³-hybridized carbons (Fsp3) is 0.0145. The van der Waals surface area contributed by atoms with Gasteiger partial charge in [-0.1, -0.05) is 243 Å². The van der Waals surface area contributed by atoms with Crippen molar-refractivity contribution in [2.45, 2.75) is 5.41 Å². The summed E-state index contributed by atoms with van der Waals surface area (Å²) in [6, 6.07) is 103. The fourth-order valence-corrected chi connectivity index (χ4v) is 12.0. The SMILES string of the molecule is c1ccc(-c2ccccc2-n2c3cc(N(c4ccc5c(c4)C(c4ccccc4)(c4ccccc4-c4ccccc4)c4ccccc4-5)c4cccc5ccccc45)ccc3c3ccc4ccccc4c32)cc1. The molecule has 1 atom stereocenters. The van der Waals surface area contributed by atoms with Crippen LogP contribution in [0.2, 0.25) is 0 Å². The van der Waals surface area contributed by atoms with E-state index in [-0.39, 0.29) is 0 Å². The zero-order chi connectivity index (χ0) is 46.9. The van der Waals surface area contributed by atoms with E-state index < -0.39 is 5.41 Å². The normalized spacial score (nSPS) is 14.0. The number of anilines is 3. The highest BCUT2D eigenvalue weighted by Gasteiger charge is 2.47. The second kappa shape index (κ2) is 16.5. The maximum atomic E-state index is 2.53. The molecule has 0 fully saturated rings. The van der Waals surface area contributed by atoms with Crippen LogP contribution in [0.4, 0.5) is 17.1 Å². The van der Waals surface area contributed by atoms with E-state index in [1.54, 1.807) is 0 Å². The van der Waals surface area contributed by atoms with Gasteiger partial charge in [-0.2, -0.15) is 0 Å². The van der Waals surface area contributed by atoms with Crippen LogP contribution in [0.3, 0.4) is 0 Å². The van der Waals surface area contributed by atoms with Crippen molar-refractivity contribution in [3.63, 3.8) is 0 Å². The van der Waals surface area contributed by atoms with Crippen LogP contribution in [-0.4, -0.2) is 4.57 Å². The summed E-state index contributed by atoms with van der Waals surface area (Å²) in [5.74, 6) is 0. The minimum Gasteiger partial charge on any atom is -0.310 e. The summed E-state index contributed by atoms with van der Waals surface area (Å²) in [7, 11) is 0. The number of hydrogen-bond acceptors (Lipinski definition) is 1. The third-order valence-corrected chi connectivity index (χ3v) is 15.0. The van der Waals surface area contributed by atoms with Gasteiger partial charge in [0.25, 0.3) is 0 Å². The number of benzene rings is 12. The zero-order valence-corrected chi connectivity index (χ0v) is 39.0. The van der Waals surface area contributed by atoms with Crippen LogP contribution in [0, 0.1) is 0 Å². The highest BCUT2D eigenvalue weighted by Crippen LogP contribution is 2.59. The first kappa shape index (κ1) is 40.8. The molecule has 0 aliphatic heterocycles. The molecule has 0 saturated carbocycles. The van der Waals surface area contributed by atoms with Crippen LogP contribution < -0.4 is 4.90 Å². The molecule has 1 aliphatic rings. The lowest BCUT2D eigenvalue weighted by atomic mass is 9.66. The number of rotatable bonds is 8. The van der Waals surface area contributed by atoms with Crippen molar-refractivity contribution in [2.75, 3.05) is 4.90 Å². The molecular weight excluding hydrogens is 857 g/mol. The van der Waals surface area contributed by atoms with Gasteiger partial charge in [-0.3, -0.25) is 0 Å². The predicted molar refractivity (Wildman–Crippen MR) is 299 cm³/mol. The van der Waals surface area contributed by atoms with E-state index in [1.807, 2.05) is 0 Å². The molecule has 13 aromatic rings. The Labute approximate surface area is 413 Å². The van der Waals surface area contributed by atoms with Gasteiger partial charge in [-0.25, -0.2) is 0 Å². The highest BCUT2D eigenvalue weighted by molar-refractivity contribution is 6.19. The van der Waals surface area contributed by atoms with E-state index in [0.29, 0.717) is 0 Å². The smallest absolute Gasteiger partial charge is 0.0720 e. The first-order valence-corrected chi connectivity index (χ1v) is 24.6. The van der Waals surface area contributed by atoms with Crippen LogP contribution in [0.25, 0.3) is 82.4 Å². The van der Waals surface area contributed by atoms with E-state index in [2.05, 4.69) is 289 Å². The zero-order valence-electron chi connectivity index (χ0n) is 39.0. The predicted octanol–water partition coefficient (Wildman–Crippen LogP) is 18.3. The molecule has 0 bridgehead atoms. The standard InChI is InChI=1S/C69H46N2/c1-4-21-47(22-5-1)54-30-14-17-35-62(54)69(51-28-8-3-9-29-51)63-36-18-15-34-58(63)59-43-40-52(45-64(59)69)70(65-38-20-27-49-25-10-12-31-55(49)65)53-41-44-60-61-42-39-50-26-11-13-33-57(50)68(61)71(67(60)46-53)66-37-19-16-32-56(66)48-23-6-2-7-24-48/h1-46H. The van der Waals surface area contributed by atoms with Gasteiger partial charge in [0, 0.05) is 38.5 Å². The van der Waals surface area contributed by atoms with Gasteiger partial charge in [-0.15, -0.1) is 0 Å². The summed E-state index contributed by atoms with van der Waals surface area (Å²) < 4.78 is 2.53. The number of aromatic nitrogens is 1. The molecule has 2 nitrogen and oxygen atoms in total. The van der Waals surface area contributed by atoms with E-state index in [0.717, 1.165) is 28.3 Å². The fourth-order valence-electron chi connectivity index (χ4n) is 12.0. The Bertz CT molecular complexity index is 4170. The quantitative estimate of drug-likeness (QED) is 0.147. The van der Waals surface area contributed by atoms with Gasteiger partial charge in [0.2, 0.25) is 0 Å². The van der Waals surface area contributed by atoms with Gasteiger partial charge in [0.15, 0.2) is 0 Å². The maximum Gasteiger partial charge on any atom is 0.0720 e. The topological polar surface area (TPSA) is 8.17 Å². The molecule has 0 amide bonds. The van der Waals surface area contributed by atoms with Crippen molar-refractivity contribution in [1.29, 1.82) is 0 Å². The van der Waals surface area contributed by atoms with Crippen molar-refractivity contribution in [1.82, 2.24) is 4.57 Å². The maximum absolute atomic E-state index is 2.53. The first-order valence-electron chi connectivity index (χ1n) is 24.6. The second-order valence-corrected chi connectivity index (χ2v) is 18.7. The second-order valence-electron chi connectivity index (χ2n) is 18.7. The van der Waals surface area contributed by atoms with Crippen molar-refractivity contribution < 1.29 is 0 Å². The summed E-state index contributed by atoms with van der Waals surface area (Å²) in [5, 5.41) is 7.25. The van der Waals surface area contributed by atoms with E-state index in [9.17, 15) is 0 Å². The van der Waals surface area contributed by atoms with Crippen LogP contribution >= 0.6 is 0 Å². The molecule has 1 aliphatic carbocycles. The van der Waals surface area contributed by atoms with E-state index in [4.69, 9.17) is 0 Å². The Morgan fingerprint density at radius 1 is 0.310 bits per heavy atom. The molecule has 1 heterocycles. The minimum absolute atomic E-state index is 0.640. The summed E-state index contributed by atoms with van der Waals surface area (Å²) >= 11 is 0. The van der Waals surface area contributed by atoms with Crippen LogP contribution in [-0.2, 0) is 5.41 Å². The number of para-hydroxylation sites is 1. The lowest BCUT2D eigenvalue weighted by Gasteiger charge is -2.36. The Morgan fingerprint density at radius 3 is 1.59 bits per heavy atom. The van der Waals surface area contributed by atoms with Gasteiger partial charge >= 0.3 is 0 Å². The van der Waals surface area contributed by atoms with E-state index in [1.165, 1.54) is 93.5 Å². The Hall–Kier alpha value is -9.24. The Kier molecular flexibility index (Phi) is 9.47. The molecule has 1 aromatic heterocycles. The summed E-state index contributed by atoms with van der Waals surface area (Å²) in [6.07, 6.45) is 0. The molecule has 0 N–H and O–H groups in total. The lowest BCUT2D eigenvalue weighted by molar-refractivity contribution is 0.770. The van der Waals surface area contributed by atoms with Crippen LogP contribution in [0.1, 0.15) is 22.3 Å². The Morgan fingerprint density at radius 2 is 0.831 bits per heavy atom. The summed E-state index contributed by atoms with van der Waals surface area (Å²) in [5.41, 5.74) is 18.4. The molecule has 332 valence electrons. The van der Waals surface area contributed by atoms with Gasteiger partial charge in [0.1, 0.15) is 0 Å². The van der Waals surface area contributed by atoms with Crippen molar-refractivity contribution in [3.05, 3.63) is 301 Å². The van der Waals surface area contributed by atoms with Gasteiger partial charge in [-0.05, 0) is 97.2 Å². The molecular formula is C69H46N2. The number of nitrogens with zero attached hydrogens (tertiary/aromatic N) is 2. The van der Waals surface area contributed by atoms with E-state index >= 15 is 0 Å². The Balaban J connectivity index is 1.08. The molecule has 0 saturated heterocycles. The van der Waals surface area contributed by atoms with Crippen LogP contribution in [0.5, 0.6) is 0 Å². The highest BCUT2D eigenvalue weighted by atomic mass is 15.1. The largest absolute Gasteiger partial charge is 0.310 e. The van der Waals surface area contributed by atoms with Crippen molar-refractivity contribution in [2.24, 2.45) is 0 Å². The first-order chi connectivity index (χ1) is 35.3. The van der Waals surface area contributed by atoms with Gasteiger partial charge < -0.3 is 9.47 Å². The van der Waals surface area contributed by atoms with Gasteiger partial charge in [0.05, 0.1) is 27.8 Å². The molecule has 14 rings (SSSR count). The van der Waals surface area contributed by atoms with Crippen molar-refractivity contribution >= 4 is 60.4 Å². The average molecular weight is 903 g/mol. The third-order valence-electron chi connectivity index (χ3n) is 15.0. The molecule has 2 heteroatoms. The minimum atomic E-state index is -0.640. The van der Waals surface area contributed by atoms with Crippen LogP contribution in [0.15, 0.2) is 279 Å². The number of hydrogen-bond donors (Lipinski definition) is 0.